The van der Waals surface area contributed by atoms with Crippen LogP contribution in [0.2, 0.25) is 0 Å². The van der Waals surface area contributed by atoms with E-state index in [1.807, 2.05) is 0 Å². The van der Waals surface area contributed by atoms with Crippen molar-refractivity contribution in [2.45, 2.75) is 25.8 Å². The lowest BCUT2D eigenvalue weighted by atomic mass is 10.4. The molecule has 1 saturated heterocycles. The zero-order chi connectivity index (χ0) is 11.4. The molecule has 6 heteroatoms. The molecular weight excluding hydrogens is 208 g/mol. The number of nitrogens with one attached hydrogen (secondary N) is 1. The Kier molecular flexibility index (Phi) is 3.51. The van der Waals surface area contributed by atoms with Crippen LogP contribution in [-0.2, 0) is 17.8 Å². The number of aromatic nitrogens is 2. The molecule has 0 saturated carbocycles. The van der Waals surface area contributed by atoms with E-state index in [9.17, 15) is 4.79 Å². The fraction of sp³-hybridized carbons (Fsp3) is 0.700. The summed E-state index contributed by atoms with van der Waals surface area (Å²) in [5, 5.41) is 6.30. The SMILES string of the molecule is CNC(=O)Cc1noc(CN2CCCC2)n1. The van der Waals surface area contributed by atoms with Gasteiger partial charge in [0.05, 0.1) is 13.0 Å². The number of amides is 1. The van der Waals surface area contributed by atoms with Crippen LogP contribution in [0.25, 0.3) is 0 Å². The van der Waals surface area contributed by atoms with E-state index in [0.717, 1.165) is 13.1 Å². The highest BCUT2D eigenvalue weighted by Crippen LogP contribution is 2.11. The summed E-state index contributed by atoms with van der Waals surface area (Å²) in [5.74, 6) is 0.947. The summed E-state index contributed by atoms with van der Waals surface area (Å²) in [6, 6.07) is 0. The molecule has 0 bridgehead atoms. The minimum Gasteiger partial charge on any atom is -0.359 e. The van der Waals surface area contributed by atoms with Crippen LogP contribution in [0.5, 0.6) is 0 Å². The molecule has 1 aromatic rings. The first kappa shape index (κ1) is 11.1. The fourth-order valence-electron chi connectivity index (χ4n) is 1.79. The number of likely N-dealkylation sites (tertiary alicyclic amines) is 1. The van der Waals surface area contributed by atoms with Crippen molar-refractivity contribution in [1.82, 2.24) is 20.4 Å². The summed E-state index contributed by atoms with van der Waals surface area (Å²) in [4.78, 5) is 17.5. The largest absolute Gasteiger partial charge is 0.359 e. The Morgan fingerprint density at radius 3 is 2.94 bits per heavy atom. The molecule has 1 fully saturated rings. The Balaban J connectivity index is 1.88. The first-order chi connectivity index (χ1) is 7.78. The fourth-order valence-corrected chi connectivity index (χ4v) is 1.79. The van der Waals surface area contributed by atoms with Crippen LogP contribution in [0.4, 0.5) is 0 Å². The quantitative estimate of drug-likeness (QED) is 0.776. The number of carbonyl (C=O) groups is 1. The van der Waals surface area contributed by atoms with Crippen molar-refractivity contribution >= 4 is 5.91 Å². The molecule has 2 rings (SSSR count). The average Bonchev–Trinajstić information content (AvgIpc) is 2.91. The zero-order valence-corrected chi connectivity index (χ0v) is 9.40. The van der Waals surface area contributed by atoms with Crippen LogP contribution in [0.3, 0.4) is 0 Å². The van der Waals surface area contributed by atoms with Gasteiger partial charge in [-0.15, -0.1) is 0 Å². The number of nitrogens with zero attached hydrogens (tertiary/aromatic N) is 3. The Bertz CT molecular complexity index is 357. The predicted molar refractivity (Wildman–Crippen MR) is 56.6 cm³/mol. The first-order valence-corrected chi connectivity index (χ1v) is 5.52. The van der Waals surface area contributed by atoms with Gasteiger partial charge in [-0.25, -0.2) is 0 Å². The van der Waals surface area contributed by atoms with Crippen LogP contribution < -0.4 is 5.32 Å². The van der Waals surface area contributed by atoms with Gasteiger partial charge in [-0.3, -0.25) is 9.69 Å². The molecule has 0 spiro atoms. The zero-order valence-electron chi connectivity index (χ0n) is 9.40. The monoisotopic (exact) mass is 224 g/mol. The van der Waals surface area contributed by atoms with Crippen LogP contribution in [0.15, 0.2) is 4.52 Å². The van der Waals surface area contributed by atoms with Crippen molar-refractivity contribution in [1.29, 1.82) is 0 Å². The maximum atomic E-state index is 11.1. The van der Waals surface area contributed by atoms with E-state index in [1.54, 1.807) is 7.05 Å². The number of hydrogen-bond donors (Lipinski definition) is 1. The van der Waals surface area contributed by atoms with Crippen LogP contribution >= 0.6 is 0 Å². The molecule has 0 aromatic carbocycles. The van der Waals surface area contributed by atoms with E-state index in [0.29, 0.717) is 18.3 Å². The maximum absolute atomic E-state index is 11.1. The molecule has 88 valence electrons. The molecule has 2 heterocycles. The first-order valence-electron chi connectivity index (χ1n) is 5.52. The second-order valence-corrected chi connectivity index (χ2v) is 3.94. The van der Waals surface area contributed by atoms with Gasteiger partial charge in [-0.2, -0.15) is 4.98 Å². The van der Waals surface area contributed by atoms with Gasteiger partial charge in [0.15, 0.2) is 5.82 Å². The third-order valence-corrected chi connectivity index (χ3v) is 2.67. The molecule has 0 radical (unpaired) electrons. The lowest BCUT2D eigenvalue weighted by Gasteiger charge is -2.09. The van der Waals surface area contributed by atoms with Crippen molar-refractivity contribution in [2.24, 2.45) is 0 Å². The Morgan fingerprint density at radius 2 is 2.25 bits per heavy atom. The standard InChI is InChI=1S/C10H16N4O2/c1-11-9(15)6-8-12-10(16-13-8)7-14-4-2-3-5-14/h2-7H2,1H3,(H,11,15). The summed E-state index contributed by atoms with van der Waals surface area (Å²) in [7, 11) is 1.59. The molecule has 0 atom stereocenters. The lowest BCUT2D eigenvalue weighted by Crippen LogP contribution is -2.21. The van der Waals surface area contributed by atoms with Gasteiger partial charge in [0.2, 0.25) is 11.8 Å². The molecule has 1 amide bonds. The predicted octanol–water partition coefficient (Wildman–Crippen LogP) is -0.0461. The van der Waals surface area contributed by atoms with Crippen LogP contribution in [0, 0.1) is 0 Å². The van der Waals surface area contributed by atoms with Gasteiger partial charge in [-0.1, -0.05) is 5.16 Å². The molecule has 1 aromatic heterocycles. The van der Waals surface area contributed by atoms with Gasteiger partial charge < -0.3 is 9.84 Å². The Hall–Kier alpha value is -1.43. The molecule has 6 nitrogen and oxygen atoms in total. The molecular formula is C10H16N4O2. The summed E-state index contributed by atoms with van der Waals surface area (Å²) in [6.45, 7) is 2.88. The van der Waals surface area contributed by atoms with Crippen molar-refractivity contribution in [2.75, 3.05) is 20.1 Å². The minimum atomic E-state index is -0.103. The second-order valence-electron chi connectivity index (χ2n) is 3.94. The molecule has 0 aliphatic carbocycles. The van der Waals surface area contributed by atoms with E-state index in [1.165, 1.54) is 12.8 Å². The van der Waals surface area contributed by atoms with Gasteiger partial charge in [0.1, 0.15) is 0 Å². The van der Waals surface area contributed by atoms with Gasteiger partial charge >= 0.3 is 0 Å². The summed E-state index contributed by atoms with van der Waals surface area (Å²) >= 11 is 0. The third-order valence-electron chi connectivity index (χ3n) is 2.67. The van der Waals surface area contributed by atoms with Crippen molar-refractivity contribution < 1.29 is 9.32 Å². The summed E-state index contributed by atoms with van der Waals surface area (Å²) < 4.78 is 5.09. The molecule has 16 heavy (non-hydrogen) atoms. The third kappa shape index (κ3) is 2.79. The molecule has 1 aliphatic rings. The van der Waals surface area contributed by atoms with E-state index in [2.05, 4.69) is 20.4 Å². The van der Waals surface area contributed by atoms with Crippen LogP contribution in [-0.4, -0.2) is 41.1 Å². The van der Waals surface area contributed by atoms with E-state index in [-0.39, 0.29) is 12.3 Å². The number of carbonyl (C=O) groups excluding carboxylic acids is 1. The maximum Gasteiger partial charge on any atom is 0.240 e. The normalized spacial score (nSPS) is 16.6. The van der Waals surface area contributed by atoms with E-state index < -0.39 is 0 Å². The number of likely N-dealkylation sites (N-methyl/N-ethyl adjacent to an activating group) is 1. The lowest BCUT2D eigenvalue weighted by molar-refractivity contribution is -0.120. The minimum absolute atomic E-state index is 0.103. The topological polar surface area (TPSA) is 71.3 Å². The summed E-state index contributed by atoms with van der Waals surface area (Å²) in [6.07, 6.45) is 2.65. The second kappa shape index (κ2) is 5.07. The van der Waals surface area contributed by atoms with Crippen molar-refractivity contribution in [3.05, 3.63) is 11.7 Å². The van der Waals surface area contributed by atoms with Crippen molar-refractivity contribution in [3.8, 4) is 0 Å². The highest BCUT2D eigenvalue weighted by atomic mass is 16.5. The molecule has 0 unspecified atom stereocenters. The number of rotatable bonds is 4. The van der Waals surface area contributed by atoms with E-state index >= 15 is 0 Å². The Labute approximate surface area is 94.0 Å². The number of hydrogen-bond acceptors (Lipinski definition) is 5. The van der Waals surface area contributed by atoms with Gasteiger partial charge in [0, 0.05) is 7.05 Å². The molecule has 1 aliphatic heterocycles. The van der Waals surface area contributed by atoms with Crippen molar-refractivity contribution in [3.63, 3.8) is 0 Å². The highest BCUT2D eigenvalue weighted by molar-refractivity contribution is 5.77. The highest BCUT2D eigenvalue weighted by Gasteiger charge is 2.16. The average molecular weight is 224 g/mol. The van der Waals surface area contributed by atoms with Crippen LogP contribution in [0.1, 0.15) is 24.6 Å². The van der Waals surface area contributed by atoms with Gasteiger partial charge in [0.25, 0.3) is 0 Å². The van der Waals surface area contributed by atoms with Gasteiger partial charge in [-0.05, 0) is 25.9 Å². The Morgan fingerprint density at radius 1 is 1.50 bits per heavy atom. The van der Waals surface area contributed by atoms with E-state index in [4.69, 9.17) is 4.52 Å². The smallest absolute Gasteiger partial charge is 0.240 e. The molecule has 1 N–H and O–H groups in total. The summed E-state index contributed by atoms with van der Waals surface area (Å²) in [5.41, 5.74) is 0.